The third kappa shape index (κ3) is 4.01. The summed E-state index contributed by atoms with van der Waals surface area (Å²) in [6.07, 6.45) is 0.953. The lowest BCUT2D eigenvalue weighted by Crippen LogP contribution is -2.46. The first-order valence-electron chi connectivity index (χ1n) is 11.1. The maximum absolute atomic E-state index is 13.1. The Morgan fingerprint density at radius 1 is 0.645 bits per heavy atom. The Bertz CT molecular complexity index is 1190. The van der Waals surface area contributed by atoms with E-state index in [-0.39, 0.29) is 5.56 Å². The predicted octanol–water partition coefficient (Wildman–Crippen LogP) is 4.00. The zero-order valence-corrected chi connectivity index (χ0v) is 17.7. The van der Waals surface area contributed by atoms with E-state index in [0.717, 1.165) is 55.7 Å². The van der Waals surface area contributed by atoms with E-state index in [0.29, 0.717) is 6.54 Å². The fourth-order valence-corrected chi connectivity index (χ4v) is 4.56. The Morgan fingerprint density at radius 3 is 1.97 bits per heavy atom. The van der Waals surface area contributed by atoms with Crippen LogP contribution in [0.2, 0.25) is 0 Å². The largest absolute Gasteiger partial charge is 0.369 e. The quantitative estimate of drug-likeness (QED) is 0.480. The van der Waals surface area contributed by atoms with Crippen LogP contribution >= 0.6 is 0 Å². The number of para-hydroxylation sites is 3. The van der Waals surface area contributed by atoms with Gasteiger partial charge in [-0.15, -0.1) is 0 Å². The van der Waals surface area contributed by atoms with Crippen LogP contribution in [0.4, 0.5) is 5.69 Å². The third-order valence-corrected chi connectivity index (χ3v) is 6.18. The first-order chi connectivity index (χ1) is 15.3. The van der Waals surface area contributed by atoms with Crippen molar-refractivity contribution >= 4 is 16.6 Å². The topological polar surface area (TPSA) is 33.4 Å². The molecule has 1 aliphatic heterocycles. The minimum Gasteiger partial charge on any atom is -0.369 e. The number of fused-ring (bicyclic) bond motifs is 1. The molecule has 0 radical (unpaired) electrons. The van der Waals surface area contributed by atoms with Crippen LogP contribution in [0.3, 0.4) is 0 Å². The molecule has 5 heteroatoms. The van der Waals surface area contributed by atoms with Gasteiger partial charge in [-0.1, -0.05) is 48.5 Å². The van der Waals surface area contributed by atoms with Crippen LogP contribution in [0, 0.1) is 0 Å². The number of hydrogen-bond acceptors (Lipinski definition) is 3. The van der Waals surface area contributed by atoms with E-state index in [4.69, 9.17) is 0 Å². The highest BCUT2D eigenvalue weighted by molar-refractivity contribution is 5.80. The number of nitrogens with zero attached hydrogens (tertiary/aromatic N) is 4. The van der Waals surface area contributed by atoms with Crippen molar-refractivity contribution in [1.82, 2.24) is 14.3 Å². The first-order valence-corrected chi connectivity index (χ1v) is 11.1. The zero-order valence-electron chi connectivity index (χ0n) is 17.7. The Balaban J connectivity index is 1.28. The molecule has 0 N–H and O–H groups in total. The van der Waals surface area contributed by atoms with Gasteiger partial charge in [-0.2, -0.15) is 0 Å². The van der Waals surface area contributed by atoms with E-state index in [1.54, 1.807) is 0 Å². The molecule has 0 aliphatic carbocycles. The molecular formula is C26H28N4O. The van der Waals surface area contributed by atoms with Crippen LogP contribution in [0.25, 0.3) is 16.6 Å². The van der Waals surface area contributed by atoms with Gasteiger partial charge in [0.05, 0.1) is 16.6 Å². The molecule has 4 aromatic rings. The minimum atomic E-state index is 0.0911. The molecule has 0 saturated carbocycles. The molecule has 2 heterocycles. The maximum Gasteiger partial charge on any atom is 0.274 e. The van der Waals surface area contributed by atoms with E-state index >= 15 is 0 Å². The van der Waals surface area contributed by atoms with Crippen LogP contribution < -0.4 is 10.5 Å². The van der Waals surface area contributed by atoms with Crippen molar-refractivity contribution in [2.24, 2.45) is 0 Å². The number of rotatable bonds is 6. The van der Waals surface area contributed by atoms with Gasteiger partial charge in [0.2, 0.25) is 0 Å². The van der Waals surface area contributed by atoms with Crippen LogP contribution in [-0.2, 0) is 6.54 Å². The van der Waals surface area contributed by atoms with E-state index in [2.05, 4.69) is 56.9 Å². The van der Waals surface area contributed by atoms with Crippen LogP contribution in [0.5, 0.6) is 0 Å². The van der Waals surface area contributed by atoms with E-state index in [1.165, 1.54) is 5.69 Å². The molecule has 0 atom stereocenters. The number of aromatic nitrogens is 2. The second-order valence-electron chi connectivity index (χ2n) is 8.11. The molecule has 1 saturated heterocycles. The van der Waals surface area contributed by atoms with Crippen molar-refractivity contribution in [2.75, 3.05) is 37.6 Å². The van der Waals surface area contributed by atoms with Crippen LogP contribution in [0.15, 0.2) is 89.7 Å². The smallest absolute Gasteiger partial charge is 0.274 e. The third-order valence-electron chi connectivity index (χ3n) is 6.18. The highest BCUT2D eigenvalue weighted by atomic mass is 16.1. The average molecular weight is 413 g/mol. The summed E-state index contributed by atoms with van der Waals surface area (Å²) in [4.78, 5) is 18.1. The van der Waals surface area contributed by atoms with E-state index in [1.807, 2.05) is 47.1 Å². The second-order valence-corrected chi connectivity index (χ2v) is 8.11. The first kappa shape index (κ1) is 19.6. The SMILES string of the molecule is O=c1c2ccccc2n(-c2ccccc2)n1CCCN1CCN(c2ccccc2)CC1. The van der Waals surface area contributed by atoms with Crippen molar-refractivity contribution in [1.29, 1.82) is 0 Å². The molecule has 1 fully saturated rings. The Morgan fingerprint density at radius 2 is 1.26 bits per heavy atom. The number of anilines is 1. The van der Waals surface area contributed by atoms with Gasteiger partial charge in [-0.3, -0.25) is 14.4 Å². The van der Waals surface area contributed by atoms with Gasteiger partial charge in [0, 0.05) is 45.0 Å². The zero-order chi connectivity index (χ0) is 21.0. The summed E-state index contributed by atoms with van der Waals surface area (Å²) >= 11 is 0. The van der Waals surface area contributed by atoms with Crippen LogP contribution in [0.1, 0.15) is 6.42 Å². The summed E-state index contributed by atoms with van der Waals surface area (Å²) < 4.78 is 3.98. The fraction of sp³-hybridized carbons (Fsp3) is 0.269. The van der Waals surface area contributed by atoms with Crippen molar-refractivity contribution in [3.63, 3.8) is 0 Å². The van der Waals surface area contributed by atoms with Gasteiger partial charge in [-0.05, 0) is 42.8 Å². The van der Waals surface area contributed by atoms with Gasteiger partial charge in [-0.25, -0.2) is 4.68 Å². The lowest BCUT2D eigenvalue weighted by Gasteiger charge is -2.36. The average Bonchev–Trinajstić information content (AvgIpc) is 3.12. The molecule has 31 heavy (non-hydrogen) atoms. The summed E-state index contributed by atoms with van der Waals surface area (Å²) in [6, 6.07) is 28.7. The molecule has 0 spiro atoms. The summed E-state index contributed by atoms with van der Waals surface area (Å²) in [5.74, 6) is 0. The van der Waals surface area contributed by atoms with Gasteiger partial charge < -0.3 is 4.90 Å². The fourth-order valence-electron chi connectivity index (χ4n) is 4.56. The lowest BCUT2D eigenvalue weighted by atomic mass is 10.2. The molecule has 5 rings (SSSR count). The highest BCUT2D eigenvalue weighted by Crippen LogP contribution is 2.18. The molecule has 1 aliphatic rings. The molecule has 1 aromatic heterocycles. The van der Waals surface area contributed by atoms with E-state index in [9.17, 15) is 4.79 Å². The lowest BCUT2D eigenvalue weighted by molar-refractivity contribution is 0.247. The van der Waals surface area contributed by atoms with Crippen molar-refractivity contribution in [3.8, 4) is 5.69 Å². The standard InChI is InChI=1S/C26H28N4O/c31-26-24-14-7-8-15-25(24)30(23-12-5-2-6-13-23)29(26)17-9-16-27-18-20-28(21-19-27)22-10-3-1-4-11-22/h1-8,10-15H,9,16-21H2. The Hall–Kier alpha value is -3.31. The molecule has 158 valence electrons. The molecule has 0 bridgehead atoms. The Kier molecular flexibility index (Phi) is 5.59. The van der Waals surface area contributed by atoms with Gasteiger partial charge in [0.15, 0.2) is 0 Å². The minimum absolute atomic E-state index is 0.0911. The monoisotopic (exact) mass is 412 g/mol. The number of benzene rings is 3. The molecule has 3 aromatic carbocycles. The van der Waals surface area contributed by atoms with Crippen LogP contribution in [-0.4, -0.2) is 47.0 Å². The predicted molar refractivity (Wildman–Crippen MR) is 127 cm³/mol. The number of piperazine rings is 1. The maximum atomic E-state index is 13.1. The van der Waals surface area contributed by atoms with Crippen molar-refractivity contribution in [2.45, 2.75) is 13.0 Å². The molecule has 0 amide bonds. The molecule has 0 unspecified atom stereocenters. The summed E-state index contributed by atoms with van der Waals surface area (Å²) in [5.41, 5.74) is 3.39. The molecular weight excluding hydrogens is 384 g/mol. The van der Waals surface area contributed by atoms with E-state index < -0.39 is 0 Å². The summed E-state index contributed by atoms with van der Waals surface area (Å²) in [6.45, 7) is 5.94. The second kappa shape index (κ2) is 8.82. The van der Waals surface area contributed by atoms with Gasteiger partial charge in [0.25, 0.3) is 5.56 Å². The summed E-state index contributed by atoms with van der Waals surface area (Å²) in [5, 5.41) is 0.780. The van der Waals surface area contributed by atoms with Crippen molar-refractivity contribution in [3.05, 3.63) is 95.3 Å². The van der Waals surface area contributed by atoms with Gasteiger partial charge in [0.1, 0.15) is 0 Å². The Labute approximate surface area is 182 Å². The van der Waals surface area contributed by atoms with Crippen molar-refractivity contribution < 1.29 is 0 Å². The normalized spacial score (nSPS) is 14.9. The number of hydrogen-bond donors (Lipinski definition) is 0. The highest BCUT2D eigenvalue weighted by Gasteiger charge is 2.18. The summed E-state index contributed by atoms with van der Waals surface area (Å²) in [7, 11) is 0. The van der Waals surface area contributed by atoms with Gasteiger partial charge >= 0.3 is 0 Å². The molecule has 5 nitrogen and oxygen atoms in total.